The molecule has 2 atom stereocenters. The topological polar surface area (TPSA) is 78.9 Å². The molecule has 6 nitrogen and oxygen atoms in total. The lowest BCUT2D eigenvalue weighted by Crippen LogP contribution is -2.43. The van der Waals surface area contributed by atoms with Gasteiger partial charge in [0.25, 0.3) is 0 Å². The van der Waals surface area contributed by atoms with Gasteiger partial charge < -0.3 is 5.32 Å². The molecule has 7 heteroatoms. The fourth-order valence-electron chi connectivity index (χ4n) is 3.77. The number of carbonyl (C=O) groups excluding carboxylic acids is 1. The van der Waals surface area contributed by atoms with Gasteiger partial charge in [-0.1, -0.05) is 0 Å². The van der Waals surface area contributed by atoms with Crippen LogP contribution in [0, 0.1) is 13.8 Å². The molecule has 138 valence electrons. The predicted octanol–water partition coefficient (Wildman–Crippen LogP) is 1.91. The summed E-state index contributed by atoms with van der Waals surface area (Å²) in [5.41, 5.74) is 9.99. The smallest absolute Gasteiger partial charge is 0.238 e. The molecule has 1 aliphatic heterocycles. The average Bonchev–Trinajstić information content (AvgIpc) is 3.34. The normalized spacial score (nSPS) is 21.8. The number of rotatable bonds is 5. The lowest BCUT2D eigenvalue weighted by Gasteiger charge is -2.11. The van der Waals surface area contributed by atoms with E-state index in [9.17, 15) is 4.79 Å². The maximum absolute atomic E-state index is 12.4. The molecule has 0 aromatic carbocycles. The summed E-state index contributed by atoms with van der Waals surface area (Å²) in [5.74, 6) is 0.874. The zero-order valence-electron chi connectivity index (χ0n) is 15.3. The van der Waals surface area contributed by atoms with Crippen molar-refractivity contribution in [3.63, 3.8) is 0 Å². The first-order valence-electron chi connectivity index (χ1n) is 9.30. The van der Waals surface area contributed by atoms with Crippen molar-refractivity contribution in [1.82, 2.24) is 26.1 Å². The Labute approximate surface area is 157 Å². The van der Waals surface area contributed by atoms with Crippen molar-refractivity contribution < 1.29 is 4.79 Å². The van der Waals surface area contributed by atoms with E-state index in [1.165, 1.54) is 27.4 Å². The number of hydrogen-bond acceptors (Lipinski definition) is 6. The van der Waals surface area contributed by atoms with E-state index in [0.29, 0.717) is 13.0 Å². The van der Waals surface area contributed by atoms with Gasteiger partial charge in [0, 0.05) is 34.1 Å². The number of hydrazine groups is 1. The van der Waals surface area contributed by atoms with E-state index < -0.39 is 0 Å². The quantitative estimate of drug-likeness (QED) is 0.748. The third-order valence-corrected chi connectivity index (χ3v) is 6.27. The van der Waals surface area contributed by atoms with Crippen molar-refractivity contribution in [3.8, 4) is 0 Å². The second-order valence-corrected chi connectivity index (χ2v) is 8.44. The van der Waals surface area contributed by atoms with Crippen molar-refractivity contribution in [2.75, 3.05) is 6.54 Å². The maximum atomic E-state index is 12.4. The molecule has 2 aromatic rings. The first-order chi connectivity index (χ1) is 12.6. The van der Waals surface area contributed by atoms with E-state index in [-0.39, 0.29) is 18.0 Å². The number of carbonyl (C=O) groups is 1. The summed E-state index contributed by atoms with van der Waals surface area (Å²) in [4.78, 5) is 24.3. The lowest BCUT2D eigenvalue weighted by atomic mass is 10.1. The van der Waals surface area contributed by atoms with Gasteiger partial charge in [-0.25, -0.2) is 20.8 Å². The van der Waals surface area contributed by atoms with Crippen LogP contribution in [0.25, 0.3) is 0 Å². The minimum absolute atomic E-state index is 0.0335. The van der Waals surface area contributed by atoms with Gasteiger partial charge in [-0.15, -0.1) is 11.3 Å². The molecular formula is C19H25N5OS. The number of amides is 1. The average molecular weight is 372 g/mol. The third kappa shape index (κ3) is 3.65. The van der Waals surface area contributed by atoms with Crippen LogP contribution in [0.1, 0.15) is 51.4 Å². The van der Waals surface area contributed by atoms with Crippen LogP contribution in [0.15, 0.2) is 12.1 Å². The number of hydrogen-bond donors (Lipinski definition) is 3. The van der Waals surface area contributed by atoms with Gasteiger partial charge in [0.1, 0.15) is 11.9 Å². The zero-order valence-corrected chi connectivity index (χ0v) is 16.1. The van der Waals surface area contributed by atoms with Crippen molar-refractivity contribution in [2.45, 2.75) is 58.0 Å². The van der Waals surface area contributed by atoms with E-state index in [4.69, 9.17) is 0 Å². The molecule has 1 amide bonds. The molecule has 0 radical (unpaired) electrons. The highest BCUT2D eigenvalue weighted by Crippen LogP contribution is 2.28. The standard InChI is InChI=1S/C19H25N5OS/c1-11-6-7-17(26-11)15-10-16(24-23-15)19(25)20-9-8-18-21-12(2)13-4-3-5-14(13)22-18/h6-7,15-16,23-24H,3-5,8-10H2,1-2H3,(H,20,25). The molecule has 0 bridgehead atoms. The molecule has 1 fully saturated rings. The highest BCUT2D eigenvalue weighted by molar-refractivity contribution is 7.12. The molecule has 26 heavy (non-hydrogen) atoms. The highest BCUT2D eigenvalue weighted by atomic mass is 32.1. The van der Waals surface area contributed by atoms with Crippen molar-refractivity contribution >= 4 is 17.2 Å². The molecule has 0 saturated carbocycles. The van der Waals surface area contributed by atoms with Gasteiger partial charge in [0.2, 0.25) is 5.91 Å². The number of nitrogens with zero attached hydrogens (tertiary/aromatic N) is 2. The summed E-state index contributed by atoms with van der Waals surface area (Å²) < 4.78 is 0. The van der Waals surface area contributed by atoms with E-state index in [1.807, 2.05) is 0 Å². The predicted molar refractivity (Wildman–Crippen MR) is 102 cm³/mol. The van der Waals surface area contributed by atoms with Gasteiger partial charge >= 0.3 is 0 Å². The second kappa shape index (κ2) is 7.42. The Hall–Kier alpha value is -1.83. The van der Waals surface area contributed by atoms with Crippen molar-refractivity contribution in [2.24, 2.45) is 0 Å². The SMILES string of the molecule is Cc1ccc(C2CC(C(=O)NCCc3nc(C)c4c(n3)CCC4)NN2)s1. The highest BCUT2D eigenvalue weighted by Gasteiger charge is 2.30. The van der Waals surface area contributed by atoms with Crippen LogP contribution in [0.4, 0.5) is 0 Å². The summed E-state index contributed by atoms with van der Waals surface area (Å²) in [6, 6.07) is 4.25. The Balaban J connectivity index is 1.28. The minimum Gasteiger partial charge on any atom is -0.354 e. The van der Waals surface area contributed by atoms with Crippen LogP contribution >= 0.6 is 11.3 Å². The van der Waals surface area contributed by atoms with Crippen molar-refractivity contribution in [3.05, 3.63) is 44.7 Å². The molecule has 3 heterocycles. The number of nitrogens with one attached hydrogen (secondary N) is 3. The van der Waals surface area contributed by atoms with Crippen molar-refractivity contribution in [1.29, 1.82) is 0 Å². The van der Waals surface area contributed by atoms with E-state index in [2.05, 4.69) is 52.1 Å². The molecule has 3 N–H and O–H groups in total. The molecule has 1 aliphatic carbocycles. The van der Waals surface area contributed by atoms with E-state index in [0.717, 1.165) is 30.8 Å². The molecule has 4 rings (SSSR count). The summed E-state index contributed by atoms with van der Waals surface area (Å²) in [7, 11) is 0. The molecular weight excluding hydrogens is 346 g/mol. The van der Waals surface area contributed by atoms with Crippen LogP contribution in [-0.2, 0) is 24.1 Å². The number of aryl methyl sites for hydroxylation is 3. The van der Waals surface area contributed by atoms with Gasteiger partial charge in [0.15, 0.2) is 0 Å². The van der Waals surface area contributed by atoms with Gasteiger partial charge in [0.05, 0.1) is 6.04 Å². The van der Waals surface area contributed by atoms with Crippen LogP contribution in [-0.4, -0.2) is 28.5 Å². The second-order valence-electron chi connectivity index (χ2n) is 7.12. The number of fused-ring (bicyclic) bond motifs is 1. The zero-order chi connectivity index (χ0) is 18.1. The largest absolute Gasteiger partial charge is 0.354 e. The van der Waals surface area contributed by atoms with E-state index in [1.54, 1.807) is 11.3 Å². The Bertz CT molecular complexity index is 818. The fraction of sp³-hybridized carbons (Fsp3) is 0.526. The van der Waals surface area contributed by atoms with Crippen LogP contribution < -0.4 is 16.2 Å². The van der Waals surface area contributed by atoms with Crippen LogP contribution in [0.5, 0.6) is 0 Å². The van der Waals surface area contributed by atoms with Gasteiger partial charge in [-0.3, -0.25) is 4.79 Å². The maximum Gasteiger partial charge on any atom is 0.238 e. The summed E-state index contributed by atoms with van der Waals surface area (Å²) in [6.45, 7) is 4.73. The van der Waals surface area contributed by atoms with E-state index >= 15 is 0 Å². The molecule has 2 aliphatic rings. The Morgan fingerprint density at radius 1 is 1.27 bits per heavy atom. The third-order valence-electron chi connectivity index (χ3n) is 5.16. The molecule has 1 saturated heterocycles. The molecule has 2 unspecified atom stereocenters. The van der Waals surface area contributed by atoms with Crippen LogP contribution in [0.3, 0.4) is 0 Å². The summed E-state index contributed by atoms with van der Waals surface area (Å²) >= 11 is 1.77. The number of thiophene rings is 1. The Kier molecular flexibility index (Phi) is 5.02. The first kappa shape index (κ1) is 17.6. The Morgan fingerprint density at radius 2 is 2.15 bits per heavy atom. The van der Waals surface area contributed by atoms with Crippen LogP contribution in [0.2, 0.25) is 0 Å². The summed E-state index contributed by atoms with van der Waals surface area (Å²) in [5, 5.41) is 3.02. The molecule has 0 spiro atoms. The number of aromatic nitrogens is 2. The lowest BCUT2D eigenvalue weighted by molar-refractivity contribution is -0.122. The van der Waals surface area contributed by atoms with Gasteiger partial charge in [-0.05, 0) is 57.2 Å². The van der Waals surface area contributed by atoms with Gasteiger partial charge in [-0.2, -0.15) is 0 Å². The molecule has 2 aromatic heterocycles. The first-order valence-corrected chi connectivity index (χ1v) is 10.1. The summed E-state index contributed by atoms with van der Waals surface area (Å²) in [6.07, 6.45) is 4.77. The Morgan fingerprint density at radius 3 is 2.96 bits per heavy atom. The fourth-order valence-corrected chi connectivity index (χ4v) is 4.71. The minimum atomic E-state index is -0.204. The monoisotopic (exact) mass is 371 g/mol.